The number of hydrogen-bond donors (Lipinski definition) is 2. The second-order valence-electron chi connectivity index (χ2n) is 11.2. The highest BCUT2D eigenvalue weighted by Gasteiger charge is 2.40. The summed E-state index contributed by atoms with van der Waals surface area (Å²) in [5.74, 6) is -0.324. The lowest BCUT2D eigenvalue weighted by atomic mass is 9.91. The third-order valence-electron chi connectivity index (χ3n) is 7.84. The number of nitrogens with zero attached hydrogens (tertiary/aromatic N) is 3. The number of aldehydes is 1. The Labute approximate surface area is 221 Å². The SMILES string of the molecule is CC1(C)CN(C(=O)CN2CCNC[C@@H]2CN2CCO[C@H](C=O)C2)c2cc(Cc3ccc(F)cc3)c(=O)[nH]c21. The first-order valence-corrected chi connectivity index (χ1v) is 13.3. The molecule has 5 rings (SSSR count). The van der Waals surface area contributed by atoms with Gasteiger partial charge >= 0.3 is 0 Å². The number of aromatic nitrogens is 1. The van der Waals surface area contributed by atoms with Gasteiger partial charge in [-0.2, -0.15) is 0 Å². The van der Waals surface area contributed by atoms with Gasteiger partial charge < -0.3 is 24.7 Å². The topological polar surface area (TPSA) is 98.0 Å². The number of H-pyrrole nitrogens is 1. The maximum atomic E-state index is 13.7. The van der Waals surface area contributed by atoms with E-state index in [-0.39, 0.29) is 35.3 Å². The maximum absolute atomic E-state index is 13.7. The summed E-state index contributed by atoms with van der Waals surface area (Å²) in [4.78, 5) is 47.2. The Hall–Kier alpha value is -2.92. The van der Waals surface area contributed by atoms with Gasteiger partial charge in [0.05, 0.1) is 18.8 Å². The van der Waals surface area contributed by atoms with Crippen molar-refractivity contribution in [2.45, 2.75) is 37.8 Å². The first-order valence-electron chi connectivity index (χ1n) is 13.3. The molecule has 4 heterocycles. The van der Waals surface area contributed by atoms with Crippen molar-refractivity contribution in [1.82, 2.24) is 20.1 Å². The lowest BCUT2D eigenvalue weighted by molar-refractivity contribution is -0.124. The summed E-state index contributed by atoms with van der Waals surface area (Å²) >= 11 is 0. The van der Waals surface area contributed by atoms with E-state index in [0.717, 1.165) is 56.0 Å². The predicted octanol–water partition coefficient (Wildman–Crippen LogP) is 0.903. The predicted molar refractivity (Wildman–Crippen MR) is 142 cm³/mol. The lowest BCUT2D eigenvalue weighted by Crippen LogP contribution is -2.59. The molecule has 2 atom stereocenters. The highest BCUT2D eigenvalue weighted by molar-refractivity contribution is 5.97. The van der Waals surface area contributed by atoms with Crippen LogP contribution in [0.4, 0.5) is 10.1 Å². The van der Waals surface area contributed by atoms with Gasteiger partial charge in [-0.1, -0.05) is 26.0 Å². The number of fused-ring (bicyclic) bond motifs is 1. The normalized spacial score (nSPS) is 23.8. The van der Waals surface area contributed by atoms with E-state index in [4.69, 9.17) is 4.74 Å². The standard InChI is InChI=1S/C28H36FN5O4/c1-28(2)18-34(24-12-20(27(37)31-26(24)28)11-19-3-5-21(29)6-4-19)25(36)16-33-8-7-30-13-22(33)14-32-9-10-38-23(15-32)17-35/h3-6,12,17,22-23,30H,7-11,13-16,18H2,1-2H3,(H,31,37)/t22-,23+/m1/s1. The number of aromatic amines is 1. The van der Waals surface area contributed by atoms with Crippen LogP contribution in [0.2, 0.25) is 0 Å². The second-order valence-corrected chi connectivity index (χ2v) is 11.2. The van der Waals surface area contributed by atoms with E-state index in [1.54, 1.807) is 17.0 Å². The summed E-state index contributed by atoms with van der Waals surface area (Å²) in [6.45, 7) is 9.77. The number of piperazine rings is 1. The average molecular weight is 526 g/mol. The van der Waals surface area contributed by atoms with E-state index in [0.29, 0.717) is 31.7 Å². The smallest absolute Gasteiger partial charge is 0.251 e. The molecule has 9 nitrogen and oxygen atoms in total. The van der Waals surface area contributed by atoms with E-state index in [1.807, 2.05) is 19.9 Å². The van der Waals surface area contributed by atoms with Crippen molar-refractivity contribution in [1.29, 1.82) is 0 Å². The van der Waals surface area contributed by atoms with E-state index in [2.05, 4.69) is 20.1 Å². The van der Waals surface area contributed by atoms with Gasteiger partial charge in [0.1, 0.15) is 18.2 Å². The van der Waals surface area contributed by atoms with Gasteiger partial charge in [-0.15, -0.1) is 0 Å². The largest absolute Gasteiger partial charge is 0.368 e. The number of morpholine rings is 1. The van der Waals surface area contributed by atoms with Crippen LogP contribution >= 0.6 is 0 Å². The Morgan fingerprint density at radius 2 is 2.03 bits per heavy atom. The Bertz CT molecular complexity index is 1230. The molecule has 2 saturated heterocycles. The van der Waals surface area contributed by atoms with Gasteiger partial charge in [-0.25, -0.2) is 4.39 Å². The molecule has 2 fully saturated rings. The van der Waals surface area contributed by atoms with Crippen molar-refractivity contribution >= 4 is 17.9 Å². The van der Waals surface area contributed by atoms with E-state index < -0.39 is 6.10 Å². The third-order valence-corrected chi connectivity index (χ3v) is 7.84. The van der Waals surface area contributed by atoms with E-state index >= 15 is 0 Å². The van der Waals surface area contributed by atoms with Crippen LogP contribution < -0.4 is 15.8 Å². The number of halogens is 1. The minimum absolute atomic E-state index is 0.00347. The molecule has 1 aromatic carbocycles. The van der Waals surface area contributed by atoms with Crippen molar-refractivity contribution < 1.29 is 18.7 Å². The highest BCUT2D eigenvalue weighted by Crippen LogP contribution is 2.39. The van der Waals surface area contributed by atoms with Gasteiger partial charge in [0.15, 0.2) is 0 Å². The molecule has 0 bridgehead atoms. The molecular formula is C28H36FN5O4. The van der Waals surface area contributed by atoms with Gasteiger partial charge in [-0.3, -0.25) is 19.4 Å². The minimum Gasteiger partial charge on any atom is -0.368 e. The fraction of sp³-hybridized carbons (Fsp3) is 0.536. The Balaban J connectivity index is 1.33. The number of carbonyl (C=O) groups is 2. The minimum atomic E-state index is -0.398. The van der Waals surface area contributed by atoms with Crippen molar-refractivity contribution in [2.75, 3.05) is 63.9 Å². The monoisotopic (exact) mass is 525 g/mol. The molecule has 0 saturated carbocycles. The molecule has 0 spiro atoms. The number of nitrogens with one attached hydrogen (secondary N) is 2. The van der Waals surface area contributed by atoms with Crippen LogP contribution in [0, 0.1) is 5.82 Å². The molecule has 1 amide bonds. The number of carbonyl (C=O) groups excluding carboxylic acids is 2. The van der Waals surface area contributed by atoms with Crippen molar-refractivity contribution in [2.24, 2.45) is 0 Å². The summed E-state index contributed by atoms with van der Waals surface area (Å²) in [6, 6.07) is 8.08. The van der Waals surface area contributed by atoms with E-state index in [9.17, 15) is 18.8 Å². The molecule has 3 aliphatic heterocycles. The first-order chi connectivity index (χ1) is 18.2. The Morgan fingerprint density at radius 3 is 2.79 bits per heavy atom. The molecule has 204 valence electrons. The summed E-state index contributed by atoms with van der Waals surface area (Å²) in [7, 11) is 0. The van der Waals surface area contributed by atoms with Gasteiger partial charge in [0.25, 0.3) is 5.56 Å². The van der Waals surface area contributed by atoms with Crippen LogP contribution in [0.25, 0.3) is 0 Å². The molecule has 10 heteroatoms. The zero-order valence-corrected chi connectivity index (χ0v) is 22.0. The van der Waals surface area contributed by atoms with Crippen LogP contribution in [0.1, 0.15) is 30.7 Å². The molecule has 0 aliphatic carbocycles. The number of anilines is 1. The van der Waals surface area contributed by atoms with Crippen LogP contribution in [0.15, 0.2) is 35.1 Å². The van der Waals surface area contributed by atoms with Gasteiger partial charge in [0, 0.05) is 74.9 Å². The first kappa shape index (κ1) is 26.7. The maximum Gasteiger partial charge on any atom is 0.251 e. The van der Waals surface area contributed by atoms with Crippen LogP contribution in [-0.2, 0) is 26.2 Å². The zero-order chi connectivity index (χ0) is 26.9. The highest BCUT2D eigenvalue weighted by atomic mass is 19.1. The number of amides is 1. The van der Waals surface area contributed by atoms with Gasteiger partial charge in [-0.05, 0) is 23.8 Å². The Kier molecular flexibility index (Phi) is 7.76. The van der Waals surface area contributed by atoms with Gasteiger partial charge in [0.2, 0.25) is 5.91 Å². The third kappa shape index (κ3) is 5.73. The van der Waals surface area contributed by atoms with Crippen molar-refractivity contribution in [3.05, 3.63) is 63.3 Å². The number of rotatable bonds is 7. The summed E-state index contributed by atoms with van der Waals surface area (Å²) in [5.41, 5.74) is 2.31. The summed E-state index contributed by atoms with van der Waals surface area (Å²) in [6.07, 6.45) is 0.811. The molecule has 2 N–H and O–H groups in total. The summed E-state index contributed by atoms with van der Waals surface area (Å²) in [5, 5.41) is 3.43. The van der Waals surface area contributed by atoms with Crippen LogP contribution in [0.3, 0.4) is 0 Å². The molecule has 1 aromatic heterocycles. The molecular weight excluding hydrogens is 489 g/mol. The number of ether oxygens (including phenoxy) is 1. The second kappa shape index (κ2) is 11.1. The Morgan fingerprint density at radius 1 is 1.24 bits per heavy atom. The molecule has 0 unspecified atom stereocenters. The van der Waals surface area contributed by atoms with Crippen molar-refractivity contribution in [3.8, 4) is 0 Å². The molecule has 2 aromatic rings. The van der Waals surface area contributed by atoms with Crippen LogP contribution in [-0.4, -0.2) is 98.1 Å². The van der Waals surface area contributed by atoms with E-state index in [1.165, 1.54) is 12.1 Å². The average Bonchev–Trinajstić information content (AvgIpc) is 3.16. The summed E-state index contributed by atoms with van der Waals surface area (Å²) < 4.78 is 18.8. The number of benzene rings is 1. The molecule has 38 heavy (non-hydrogen) atoms. The fourth-order valence-corrected chi connectivity index (χ4v) is 5.75. The fourth-order valence-electron chi connectivity index (χ4n) is 5.75. The van der Waals surface area contributed by atoms with Crippen LogP contribution in [0.5, 0.6) is 0 Å². The number of hydrogen-bond acceptors (Lipinski definition) is 7. The quantitative estimate of drug-likeness (QED) is 0.519. The zero-order valence-electron chi connectivity index (χ0n) is 22.0. The molecule has 3 aliphatic rings. The number of pyridine rings is 1. The molecule has 0 radical (unpaired) electrons. The lowest BCUT2D eigenvalue weighted by Gasteiger charge is -2.40. The van der Waals surface area contributed by atoms with Crippen molar-refractivity contribution in [3.63, 3.8) is 0 Å².